The molecule has 0 spiro atoms. The van der Waals surface area contributed by atoms with E-state index in [4.69, 9.17) is 4.74 Å². The molecule has 2 fully saturated rings. The Bertz CT molecular complexity index is 1430. The van der Waals surface area contributed by atoms with E-state index in [0.29, 0.717) is 35.1 Å². The third kappa shape index (κ3) is 4.89. The Morgan fingerprint density at radius 3 is 2.62 bits per heavy atom. The van der Waals surface area contributed by atoms with Gasteiger partial charge in [0.15, 0.2) is 0 Å². The van der Waals surface area contributed by atoms with Crippen LogP contribution in [0, 0.1) is 5.92 Å². The van der Waals surface area contributed by atoms with E-state index in [9.17, 15) is 22.4 Å². The molecule has 0 unspecified atom stereocenters. The Labute approximate surface area is 229 Å². The largest absolute Gasteiger partial charge is 0.345 e. The van der Waals surface area contributed by atoms with Crippen LogP contribution in [0.4, 0.5) is 23.2 Å². The van der Waals surface area contributed by atoms with E-state index in [1.165, 1.54) is 23.8 Å². The average Bonchev–Trinajstić information content (AvgIpc) is 3.51. The van der Waals surface area contributed by atoms with Crippen LogP contribution in [0.1, 0.15) is 71.0 Å². The topological polar surface area (TPSA) is 72.3 Å². The molecule has 11 heteroatoms. The number of aromatic nitrogens is 3. The van der Waals surface area contributed by atoms with E-state index in [-0.39, 0.29) is 36.4 Å². The number of amides is 1. The van der Waals surface area contributed by atoms with Crippen LogP contribution in [-0.4, -0.2) is 39.9 Å². The lowest BCUT2D eigenvalue weighted by Gasteiger charge is -2.46. The van der Waals surface area contributed by atoms with Crippen molar-refractivity contribution in [2.45, 2.75) is 69.7 Å². The van der Waals surface area contributed by atoms with Crippen LogP contribution in [-0.2, 0) is 36.2 Å². The summed E-state index contributed by atoms with van der Waals surface area (Å²) in [5.41, 5.74) is 1.69. The highest BCUT2D eigenvalue weighted by Gasteiger charge is 2.51. The smallest absolute Gasteiger partial charge is 0.320 e. The number of nitrogens with one attached hydrogen (secondary N) is 1. The molecule has 2 aliphatic carbocycles. The number of hydrogen-bond donors (Lipinski definition) is 1. The molecule has 3 aliphatic rings. The number of rotatable bonds is 10. The summed E-state index contributed by atoms with van der Waals surface area (Å²) in [6.07, 6.45) is 3.79. The standard InChI is InChI=1S/C29H31F4N5O2/c1-28(32,33)24-9-18(14-34-13-17-6-7-17)8-22-23(24)15-38(25(22)39)20-5-3-4-19(10-20)29(26-36-35-16-37(26)2)11-21(12-29)40-27(30)31/h3-5,8-10,16-17,21,27,34H,6-7,11-15H2,1-2H3. The molecule has 1 amide bonds. The van der Waals surface area contributed by atoms with Crippen LogP contribution in [0.5, 0.6) is 0 Å². The number of alkyl halides is 4. The van der Waals surface area contributed by atoms with Crippen molar-refractivity contribution in [2.75, 3.05) is 11.4 Å². The number of anilines is 1. The maximum atomic E-state index is 14.8. The average molecular weight is 558 g/mol. The minimum absolute atomic E-state index is 0.0141. The zero-order valence-corrected chi connectivity index (χ0v) is 22.3. The van der Waals surface area contributed by atoms with Gasteiger partial charge in [-0.05, 0) is 79.1 Å². The molecule has 212 valence electrons. The normalized spacial score (nSPS) is 22.6. The van der Waals surface area contributed by atoms with Crippen molar-refractivity contribution >= 4 is 11.6 Å². The Balaban J connectivity index is 1.32. The zero-order chi connectivity index (χ0) is 28.2. The fourth-order valence-corrected chi connectivity index (χ4v) is 6.11. The highest BCUT2D eigenvalue weighted by Crippen LogP contribution is 2.51. The third-order valence-corrected chi connectivity index (χ3v) is 8.33. The fraction of sp³-hybridized carbons (Fsp3) is 0.483. The lowest BCUT2D eigenvalue weighted by atomic mass is 9.62. The van der Waals surface area contributed by atoms with E-state index in [0.717, 1.165) is 19.0 Å². The highest BCUT2D eigenvalue weighted by molar-refractivity contribution is 6.10. The van der Waals surface area contributed by atoms with Crippen LogP contribution < -0.4 is 10.2 Å². The van der Waals surface area contributed by atoms with E-state index in [2.05, 4.69) is 15.5 Å². The van der Waals surface area contributed by atoms with E-state index >= 15 is 0 Å². The number of ether oxygens (including phenoxy) is 1. The molecule has 3 aromatic rings. The molecule has 40 heavy (non-hydrogen) atoms. The Morgan fingerprint density at radius 2 is 1.98 bits per heavy atom. The van der Waals surface area contributed by atoms with Crippen LogP contribution in [0.25, 0.3) is 0 Å². The molecule has 0 bridgehead atoms. The number of benzene rings is 2. The summed E-state index contributed by atoms with van der Waals surface area (Å²) in [5, 5.41) is 11.6. The minimum Gasteiger partial charge on any atom is -0.320 e. The number of fused-ring (bicyclic) bond motifs is 1. The van der Waals surface area contributed by atoms with Gasteiger partial charge in [0, 0.05) is 37.3 Å². The number of hydrogen-bond acceptors (Lipinski definition) is 5. The minimum atomic E-state index is -3.12. The van der Waals surface area contributed by atoms with Crippen LogP contribution >= 0.6 is 0 Å². The molecule has 0 saturated heterocycles. The predicted octanol–water partition coefficient (Wildman–Crippen LogP) is 5.27. The highest BCUT2D eigenvalue weighted by atomic mass is 19.3. The number of carbonyl (C=O) groups excluding carboxylic acids is 1. The summed E-state index contributed by atoms with van der Waals surface area (Å²) in [6.45, 7) is -0.762. The molecule has 2 aromatic carbocycles. The van der Waals surface area contributed by atoms with Gasteiger partial charge >= 0.3 is 6.61 Å². The Kier molecular flexibility index (Phi) is 6.69. The quantitative estimate of drug-likeness (QED) is 0.344. The van der Waals surface area contributed by atoms with Gasteiger partial charge < -0.3 is 19.5 Å². The van der Waals surface area contributed by atoms with Crippen LogP contribution in [0.2, 0.25) is 0 Å². The predicted molar refractivity (Wildman–Crippen MR) is 139 cm³/mol. The van der Waals surface area contributed by atoms with Gasteiger partial charge in [0.05, 0.1) is 18.1 Å². The van der Waals surface area contributed by atoms with Crippen molar-refractivity contribution < 1.29 is 27.1 Å². The molecular weight excluding hydrogens is 526 g/mol. The second-order valence-corrected chi connectivity index (χ2v) is 11.3. The molecular formula is C29H31F4N5O2. The number of nitrogens with zero attached hydrogens (tertiary/aromatic N) is 4. The zero-order valence-electron chi connectivity index (χ0n) is 22.3. The van der Waals surface area contributed by atoms with Crippen LogP contribution in [0.3, 0.4) is 0 Å². The first kappa shape index (κ1) is 26.9. The van der Waals surface area contributed by atoms with Gasteiger partial charge in [0.1, 0.15) is 12.2 Å². The summed E-state index contributed by atoms with van der Waals surface area (Å²) in [5.74, 6) is -2.22. The van der Waals surface area contributed by atoms with Crippen molar-refractivity contribution in [1.82, 2.24) is 20.1 Å². The second-order valence-electron chi connectivity index (χ2n) is 11.3. The first-order valence-electron chi connectivity index (χ1n) is 13.5. The Hall–Kier alpha value is -3.31. The monoisotopic (exact) mass is 557 g/mol. The molecule has 1 aromatic heterocycles. The summed E-state index contributed by atoms with van der Waals surface area (Å²) < 4.78 is 61.9. The maximum absolute atomic E-state index is 14.8. The van der Waals surface area contributed by atoms with Crippen molar-refractivity contribution in [1.29, 1.82) is 0 Å². The molecule has 1 aliphatic heterocycles. The molecule has 6 rings (SSSR count). The summed E-state index contributed by atoms with van der Waals surface area (Å²) in [6, 6.07) is 10.4. The van der Waals surface area contributed by atoms with Gasteiger partial charge in [-0.1, -0.05) is 12.1 Å². The number of aryl methyl sites for hydroxylation is 1. The van der Waals surface area contributed by atoms with Crippen LogP contribution in [0.15, 0.2) is 42.7 Å². The molecule has 1 N–H and O–H groups in total. The third-order valence-electron chi connectivity index (χ3n) is 8.33. The molecule has 0 radical (unpaired) electrons. The van der Waals surface area contributed by atoms with Crippen molar-refractivity contribution in [2.24, 2.45) is 13.0 Å². The lowest BCUT2D eigenvalue weighted by Crippen LogP contribution is -2.49. The fourth-order valence-electron chi connectivity index (χ4n) is 6.11. The van der Waals surface area contributed by atoms with Gasteiger partial charge in [-0.25, -0.2) is 8.78 Å². The van der Waals surface area contributed by atoms with Crippen molar-refractivity contribution in [3.05, 3.63) is 76.4 Å². The molecule has 7 nitrogen and oxygen atoms in total. The Morgan fingerprint density at radius 1 is 1.20 bits per heavy atom. The van der Waals surface area contributed by atoms with E-state index < -0.39 is 24.1 Å². The first-order valence-corrected chi connectivity index (χ1v) is 13.5. The van der Waals surface area contributed by atoms with Gasteiger partial charge in [0.25, 0.3) is 11.8 Å². The lowest BCUT2D eigenvalue weighted by molar-refractivity contribution is -0.192. The summed E-state index contributed by atoms with van der Waals surface area (Å²) in [7, 11) is 1.78. The SMILES string of the molecule is Cn1cnnc1C1(c2cccc(N3Cc4c(cc(CNCC5CC5)cc4C(C)(F)F)C3=O)c2)CC(OC(F)F)C1. The van der Waals surface area contributed by atoms with Crippen molar-refractivity contribution in [3.63, 3.8) is 0 Å². The number of halogens is 4. The maximum Gasteiger partial charge on any atom is 0.345 e. The molecule has 2 saturated carbocycles. The van der Waals surface area contributed by atoms with E-state index in [1.807, 2.05) is 12.1 Å². The van der Waals surface area contributed by atoms with Gasteiger partial charge in [-0.2, -0.15) is 8.78 Å². The second kappa shape index (κ2) is 9.95. The molecule has 0 atom stereocenters. The van der Waals surface area contributed by atoms with E-state index in [1.54, 1.807) is 36.1 Å². The van der Waals surface area contributed by atoms with Gasteiger partial charge in [-0.15, -0.1) is 10.2 Å². The molecule has 2 heterocycles. The summed E-state index contributed by atoms with van der Waals surface area (Å²) in [4.78, 5) is 15.2. The van der Waals surface area contributed by atoms with Crippen molar-refractivity contribution in [3.8, 4) is 0 Å². The first-order chi connectivity index (χ1) is 19.0. The van der Waals surface area contributed by atoms with Gasteiger partial charge in [0.2, 0.25) is 0 Å². The number of carbonyl (C=O) groups is 1. The van der Waals surface area contributed by atoms with Gasteiger partial charge in [-0.3, -0.25) is 4.79 Å². The summed E-state index contributed by atoms with van der Waals surface area (Å²) >= 11 is 0.